The molecule has 6 aromatic carbocycles. The average Bonchev–Trinajstić information content (AvgIpc) is 3.87. The van der Waals surface area contributed by atoms with Crippen LogP contribution in [0.1, 0.15) is 22.3 Å². The zero-order chi connectivity index (χ0) is 36.8. The van der Waals surface area contributed by atoms with Crippen molar-refractivity contribution in [3.05, 3.63) is 211 Å². The highest BCUT2D eigenvalue weighted by Crippen LogP contribution is 2.54. The van der Waals surface area contributed by atoms with E-state index in [0.29, 0.717) is 0 Å². The zero-order valence-electron chi connectivity index (χ0n) is 30.0. The summed E-state index contributed by atoms with van der Waals surface area (Å²) in [5.41, 5.74) is 11.0. The number of para-hydroxylation sites is 1. The fourth-order valence-electron chi connectivity index (χ4n) is 9.24. The first-order valence-corrected chi connectivity index (χ1v) is 18.8. The van der Waals surface area contributed by atoms with Gasteiger partial charge in [-0.15, -0.1) is 0 Å². The highest BCUT2D eigenvalue weighted by atomic mass is 16.5. The Bertz CT molecular complexity index is 3290. The van der Waals surface area contributed by atoms with E-state index in [1.54, 1.807) is 0 Å². The van der Waals surface area contributed by atoms with Crippen LogP contribution >= 0.6 is 0 Å². The zero-order valence-corrected chi connectivity index (χ0v) is 30.0. The van der Waals surface area contributed by atoms with Crippen molar-refractivity contribution in [3.8, 4) is 28.4 Å². The van der Waals surface area contributed by atoms with Gasteiger partial charge in [0.05, 0.1) is 22.3 Å². The Labute approximate surface area is 321 Å². The van der Waals surface area contributed by atoms with Crippen LogP contribution in [0.3, 0.4) is 0 Å². The Hall–Kier alpha value is -7.57. The fourth-order valence-corrected chi connectivity index (χ4v) is 9.24. The monoisotopic (exact) mass is 717 g/mol. The molecule has 0 aliphatic carbocycles. The van der Waals surface area contributed by atoms with Crippen LogP contribution in [0, 0.1) is 0 Å². The SMILES string of the molecule is c1ccc(-c2cn3c4ncccc4c4ccc(Oc5ccc6c(c5)-n5c7ncccc7c7cccc(c75)C6(c5ccccc5)c5ccccc5)cc4c3n2)cc1. The highest BCUT2D eigenvalue weighted by Gasteiger charge is 2.45. The van der Waals surface area contributed by atoms with Gasteiger partial charge in [0, 0.05) is 51.8 Å². The van der Waals surface area contributed by atoms with Crippen LogP contribution in [0.25, 0.3) is 66.3 Å². The van der Waals surface area contributed by atoms with E-state index >= 15 is 0 Å². The normalized spacial score (nSPS) is 13.1. The summed E-state index contributed by atoms with van der Waals surface area (Å²) in [5.74, 6) is 1.45. The average molecular weight is 718 g/mol. The number of hydrogen-bond acceptors (Lipinski definition) is 4. The largest absolute Gasteiger partial charge is 0.457 e. The van der Waals surface area contributed by atoms with Gasteiger partial charge in [0.15, 0.2) is 0 Å². The molecular formula is C50H31N5O. The van der Waals surface area contributed by atoms with E-state index in [9.17, 15) is 0 Å². The van der Waals surface area contributed by atoms with Crippen molar-refractivity contribution >= 4 is 49.4 Å². The van der Waals surface area contributed by atoms with Gasteiger partial charge in [-0.2, -0.15) is 0 Å². The lowest BCUT2D eigenvalue weighted by molar-refractivity contribution is 0.482. The molecule has 1 aliphatic heterocycles. The molecule has 1 aliphatic rings. The van der Waals surface area contributed by atoms with Gasteiger partial charge >= 0.3 is 0 Å². The molecule has 5 aromatic heterocycles. The smallest absolute Gasteiger partial charge is 0.147 e. The Morgan fingerprint density at radius 3 is 1.86 bits per heavy atom. The summed E-state index contributed by atoms with van der Waals surface area (Å²) in [5, 5.41) is 5.41. The molecule has 0 unspecified atom stereocenters. The van der Waals surface area contributed by atoms with E-state index in [1.165, 1.54) is 22.1 Å². The Kier molecular flexibility index (Phi) is 6.45. The van der Waals surface area contributed by atoms with Crippen molar-refractivity contribution in [3.63, 3.8) is 0 Å². The molecule has 6 nitrogen and oxygen atoms in total. The summed E-state index contributed by atoms with van der Waals surface area (Å²) < 4.78 is 11.3. The molecule has 11 aromatic rings. The van der Waals surface area contributed by atoms with Crippen molar-refractivity contribution in [1.29, 1.82) is 0 Å². The van der Waals surface area contributed by atoms with Gasteiger partial charge < -0.3 is 4.74 Å². The molecule has 12 rings (SSSR count). The number of pyridine rings is 3. The van der Waals surface area contributed by atoms with Crippen molar-refractivity contribution in [1.82, 2.24) is 23.9 Å². The van der Waals surface area contributed by atoms with E-state index in [2.05, 4.69) is 149 Å². The Morgan fingerprint density at radius 2 is 1.11 bits per heavy atom. The maximum atomic E-state index is 6.87. The van der Waals surface area contributed by atoms with E-state index < -0.39 is 5.41 Å². The standard InChI is InChI=1S/C50H31N5O/c1-4-13-32(14-5-1)44-31-54-47-39(20-11-27-51-47)37-25-23-35(29-41(37)49(54)53-44)56-36-24-26-42-45(30-36)55-46-38(40-21-12-28-52-48(40)55)19-10-22-43(46)50(42,33-15-6-2-7-16-33)34-17-8-3-9-18-34/h1-31H. The summed E-state index contributed by atoms with van der Waals surface area (Å²) in [6, 6.07) is 59.9. The summed E-state index contributed by atoms with van der Waals surface area (Å²) in [6.07, 6.45) is 5.80. The molecule has 0 saturated carbocycles. The number of aromatic nitrogens is 5. The topological polar surface area (TPSA) is 57.2 Å². The molecule has 0 atom stereocenters. The molecule has 0 saturated heterocycles. The van der Waals surface area contributed by atoms with Crippen LogP contribution in [-0.2, 0) is 5.41 Å². The predicted octanol–water partition coefficient (Wildman–Crippen LogP) is 11.7. The van der Waals surface area contributed by atoms with E-state index in [4.69, 9.17) is 19.7 Å². The molecule has 6 heterocycles. The van der Waals surface area contributed by atoms with Gasteiger partial charge in [-0.1, -0.05) is 115 Å². The molecule has 0 spiro atoms. The quantitative estimate of drug-likeness (QED) is 0.166. The summed E-state index contributed by atoms with van der Waals surface area (Å²) in [6.45, 7) is 0. The van der Waals surface area contributed by atoms with Crippen LogP contribution in [0.2, 0.25) is 0 Å². The lowest BCUT2D eigenvalue weighted by Crippen LogP contribution is -2.35. The summed E-state index contributed by atoms with van der Waals surface area (Å²) in [7, 11) is 0. The van der Waals surface area contributed by atoms with Crippen molar-refractivity contribution < 1.29 is 4.74 Å². The molecule has 56 heavy (non-hydrogen) atoms. The van der Waals surface area contributed by atoms with Gasteiger partial charge in [0.25, 0.3) is 0 Å². The number of fused-ring (bicyclic) bond motifs is 11. The third kappa shape index (κ3) is 4.23. The minimum atomic E-state index is -0.596. The number of rotatable bonds is 5. The predicted molar refractivity (Wildman–Crippen MR) is 224 cm³/mol. The van der Waals surface area contributed by atoms with E-state index in [-0.39, 0.29) is 0 Å². The third-order valence-corrected chi connectivity index (χ3v) is 11.5. The molecule has 6 heteroatoms. The molecule has 0 fully saturated rings. The maximum Gasteiger partial charge on any atom is 0.147 e. The first-order chi connectivity index (χ1) is 27.8. The van der Waals surface area contributed by atoms with Gasteiger partial charge in [-0.25, -0.2) is 15.0 Å². The van der Waals surface area contributed by atoms with Gasteiger partial charge in [-0.3, -0.25) is 8.97 Å². The minimum Gasteiger partial charge on any atom is -0.457 e. The van der Waals surface area contributed by atoms with Gasteiger partial charge in [0.2, 0.25) is 0 Å². The lowest BCUT2D eigenvalue weighted by atomic mass is 9.63. The van der Waals surface area contributed by atoms with Crippen LogP contribution in [-0.4, -0.2) is 23.9 Å². The first-order valence-electron chi connectivity index (χ1n) is 18.8. The van der Waals surface area contributed by atoms with Crippen LogP contribution in [0.4, 0.5) is 0 Å². The number of ether oxygens (including phenoxy) is 1. The molecule has 262 valence electrons. The summed E-state index contributed by atoms with van der Waals surface area (Å²) >= 11 is 0. The number of benzene rings is 6. The van der Waals surface area contributed by atoms with Crippen molar-refractivity contribution in [2.45, 2.75) is 5.41 Å². The molecule has 0 radical (unpaired) electrons. The molecule has 0 amide bonds. The van der Waals surface area contributed by atoms with Crippen molar-refractivity contribution in [2.75, 3.05) is 0 Å². The minimum absolute atomic E-state index is 0.596. The fraction of sp³-hybridized carbons (Fsp3) is 0.0200. The van der Waals surface area contributed by atoms with Gasteiger partial charge in [-0.05, 0) is 76.2 Å². The van der Waals surface area contributed by atoms with Crippen molar-refractivity contribution in [2.24, 2.45) is 0 Å². The Morgan fingerprint density at radius 1 is 0.464 bits per heavy atom. The highest BCUT2D eigenvalue weighted by molar-refractivity contribution is 6.12. The number of nitrogens with zero attached hydrogens (tertiary/aromatic N) is 5. The van der Waals surface area contributed by atoms with E-state index in [0.717, 1.165) is 78.0 Å². The third-order valence-electron chi connectivity index (χ3n) is 11.5. The molecule has 0 bridgehead atoms. The maximum absolute atomic E-state index is 6.87. The number of imidazole rings is 1. The van der Waals surface area contributed by atoms with Crippen LogP contribution in [0.5, 0.6) is 11.5 Å². The first kappa shape index (κ1) is 30.8. The second kappa shape index (κ2) is 11.7. The second-order valence-corrected chi connectivity index (χ2v) is 14.4. The summed E-state index contributed by atoms with van der Waals surface area (Å²) in [4.78, 5) is 14.9. The lowest BCUT2D eigenvalue weighted by Gasteiger charge is -2.41. The van der Waals surface area contributed by atoms with E-state index in [1.807, 2.05) is 48.8 Å². The van der Waals surface area contributed by atoms with Crippen LogP contribution < -0.4 is 4.74 Å². The molecular weight excluding hydrogens is 687 g/mol. The van der Waals surface area contributed by atoms with Gasteiger partial charge in [0.1, 0.15) is 28.4 Å². The second-order valence-electron chi connectivity index (χ2n) is 14.4. The van der Waals surface area contributed by atoms with Crippen LogP contribution in [0.15, 0.2) is 188 Å². The number of hydrogen-bond donors (Lipinski definition) is 0. The molecule has 0 N–H and O–H groups in total. The Balaban J connectivity index is 1.09.